The summed E-state index contributed by atoms with van der Waals surface area (Å²) in [6.45, 7) is 4.36. The van der Waals surface area contributed by atoms with Gasteiger partial charge in [0.1, 0.15) is 6.04 Å². The van der Waals surface area contributed by atoms with E-state index in [2.05, 4.69) is 32.8 Å². The highest BCUT2D eigenvalue weighted by Crippen LogP contribution is 2.28. The molecule has 1 amide bonds. The van der Waals surface area contributed by atoms with Crippen LogP contribution in [0.5, 0.6) is 0 Å². The highest BCUT2D eigenvalue weighted by Gasteiger charge is 2.34. The maximum Gasteiger partial charge on any atom is 0.245 e. The lowest BCUT2D eigenvalue weighted by Crippen LogP contribution is -2.45. The number of pyridine rings is 1. The lowest BCUT2D eigenvalue weighted by Gasteiger charge is -2.35. The van der Waals surface area contributed by atoms with Gasteiger partial charge in [-0.15, -0.1) is 0 Å². The number of carbonyl (C=O) groups is 1. The molecule has 5 nitrogen and oxygen atoms in total. The minimum atomic E-state index is -0.187. The molecule has 0 bridgehead atoms. The monoisotopic (exact) mass is 310 g/mol. The molecule has 0 aromatic carbocycles. The Labute approximate surface area is 136 Å². The van der Waals surface area contributed by atoms with Gasteiger partial charge in [0.05, 0.1) is 6.54 Å². The van der Waals surface area contributed by atoms with E-state index in [1.54, 1.807) is 6.20 Å². The minimum Gasteiger partial charge on any atom is -0.348 e. The Balaban J connectivity index is 1.60. The molecule has 2 aromatic heterocycles. The second-order valence-corrected chi connectivity index (χ2v) is 6.38. The molecule has 120 valence electrons. The highest BCUT2D eigenvalue weighted by molar-refractivity contribution is 5.83. The SMILES string of the molecule is O=C(C(c1cccnc1)N1CCCC1)N1CCn2cccc2C1. The van der Waals surface area contributed by atoms with Crippen LogP contribution in [0.1, 0.15) is 30.1 Å². The second kappa shape index (κ2) is 6.16. The number of hydrogen-bond acceptors (Lipinski definition) is 3. The average Bonchev–Trinajstić information content (AvgIpc) is 3.27. The van der Waals surface area contributed by atoms with Crippen molar-refractivity contribution in [3.63, 3.8) is 0 Å². The van der Waals surface area contributed by atoms with Crippen molar-refractivity contribution in [2.24, 2.45) is 0 Å². The fourth-order valence-corrected chi connectivity index (χ4v) is 3.72. The Morgan fingerprint density at radius 1 is 1.09 bits per heavy atom. The lowest BCUT2D eigenvalue weighted by molar-refractivity contribution is -0.138. The van der Waals surface area contributed by atoms with E-state index in [9.17, 15) is 4.79 Å². The van der Waals surface area contributed by atoms with Gasteiger partial charge in [-0.05, 0) is 49.7 Å². The zero-order valence-electron chi connectivity index (χ0n) is 13.3. The summed E-state index contributed by atoms with van der Waals surface area (Å²) in [5.74, 6) is 0.215. The van der Waals surface area contributed by atoms with Crippen LogP contribution in [0.15, 0.2) is 42.9 Å². The zero-order chi connectivity index (χ0) is 15.6. The number of amides is 1. The van der Waals surface area contributed by atoms with Gasteiger partial charge in [0.25, 0.3) is 0 Å². The first kappa shape index (κ1) is 14.5. The molecule has 23 heavy (non-hydrogen) atoms. The largest absolute Gasteiger partial charge is 0.348 e. The molecule has 0 aliphatic carbocycles. The van der Waals surface area contributed by atoms with E-state index in [1.165, 1.54) is 18.5 Å². The van der Waals surface area contributed by atoms with Crippen LogP contribution < -0.4 is 0 Å². The van der Waals surface area contributed by atoms with Crippen molar-refractivity contribution in [3.8, 4) is 0 Å². The Bertz CT molecular complexity index is 675. The van der Waals surface area contributed by atoms with Gasteiger partial charge in [-0.25, -0.2) is 0 Å². The molecule has 2 aliphatic heterocycles. The van der Waals surface area contributed by atoms with Crippen LogP contribution >= 0.6 is 0 Å². The van der Waals surface area contributed by atoms with Gasteiger partial charge < -0.3 is 9.47 Å². The lowest BCUT2D eigenvalue weighted by atomic mass is 10.1. The molecule has 2 aromatic rings. The average molecular weight is 310 g/mol. The summed E-state index contributed by atoms with van der Waals surface area (Å²) in [7, 11) is 0. The summed E-state index contributed by atoms with van der Waals surface area (Å²) in [6, 6.07) is 7.93. The van der Waals surface area contributed by atoms with E-state index in [1.807, 2.05) is 23.2 Å². The topological polar surface area (TPSA) is 41.4 Å². The smallest absolute Gasteiger partial charge is 0.245 e. The van der Waals surface area contributed by atoms with E-state index in [-0.39, 0.29) is 11.9 Å². The molecule has 1 fully saturated rings. The van der Waals surface area contributed by atoms with Crippen LogP contribution in [0.3, 0.4) is 0 Å². The number of likely N-dealkylation sites (tertiary alicyclic amines) is 1. The summed E-state index contributed by atoms with van der Waals surface area (Å²) in [5.41, 5.74) is 2.23. The first-order chi connectivity index (χ1) is 11.3. The number of hydrogen-bond donors (Lipinski definition) is 0. The van der Waals surface area contributed by atoms with E-state index in [0.29, 0.717) is 6.54 Å². The second-order valence-electron chi connectivity index (χ2n) is 6.38. The van der Waals surface area contributed by atoms with Crippen molar-refractivity contribution in [1.82, 2.24) is 19.4 Å². The summed E-state index contributed by atoms with van der Waals surface area (Å²) in [4.78, 5) is 21.8. The summed E-state index contributed by atoms with van der Waals surface area (Å²) in [6.07, 6.45) is 8.05. The molecule has 2 aliphatic rings. The summed E-state index contributed by atoms with van der Waals surface area (Å²) >= 11 is 0. The van der Waals surface area contributed by atoms with E-state index in [4.69, 9.17) is 0 Å². The maximum absolute atomic E-state index is 13.3. The fourth-order valence-electron chi connectivity index (χ4n) is 3.72. The summed E-state index contributed by atoms with van der Waals surface area (Å²) in [5, 5.41) is 0. The predicted octanol–water partition coefficient (Wildman–Crippen LogP) is 2.06. The standard InChI is InChI=1S/C18H22N4O/c23-18(22-12-11-20-10-4-6-16(20)14-22)17(21-8-1-2-9-21)15-5-3-7-19-13-15/h3-7,10,13,17H,1-2,8-9,11-12,14H2. The summed E-state index contributed by atoms with van der Waals surface area (Å²) < 4.78 is 2.23. The number of rotatable bonds is 3. The Morgan fingerprint density at radius 3 is 2.74 bits per heavy atom. The first-order valence-electron chi connectivity index (χ1n) is 8.40. The quantitative estimate of drug-likeness (QED) is 0.871. The van der Waals surface area contributed by atoms with Crippen molar-refractivity contribution in [2.75, 3.05) is 19.6 Å². The van der Waals surface area contributed by atoms with Gasteiger partial charge in [0, 0.05) is 37.4 Å². The molecular weight excluding hydrogens is 288 g/mol. The van der Waals surface area contributed by atoms with Gasteiger partial charge in [0.15, 0.2) is 0 Å². The third-order valence-electron chi connectivity index (χ3n) is 4.94. The zero-order valence-corrected chi connectivity index (χ0v) is 13.3. The van der Waals surface area contributed by atoms with Crippen molar-refractivity contribution in [3.05, 3.63) is 54.1 Å². The third-order valence-corrected chi connectivity index (χ3v) is 4.94. The molecule has 0 N–H and O–H groups in total. The van der Waals surface area contributed by atoms with Crippen molar-refractivity contribution < 1.29 is 4.79 Å². The Kier molecular flexibility index (Phi) is 3.87. The van der Waals surface area contributed by atoms with E-state index < -0.39 is 0 Å². The predicted molar refractivity (Wildman–Crippen MR) is 87.6 cm³/mol. The van der Waals surface area contributed by atoms with Crippen LogP contribution in [0.25, 0.3) is 0 Å². The Morgan fingerprint density at radius 2 is 1.96 bits per heavy atom. The van der Waals surface area contributed by atoms with Gasteiger partial charge in [-0.2, -0.15) is 0 Å². The fraction of sp³-hybridized carbons (Fsp3) is 0.444. The third kappa shape index (κ3) is 2.77. The number of nitrogens with zero attached hydrogens (tertiary/aromatic N) is 4. The van der Waals surface area contributed by atoms with Crippen LogP contribution in [0, 0.1) is 0 Å². The normalized spacial score (nSPS) is 19.6. The molecular formula is C18H22N4O. The number of fused-ring (bicyclic) bond motifs is 1. The van der Waals surface area contributed by atoms with Crippen LogP contribution in [-0.4, -0.2) is 44.9 Å². The molecule has 0 spiro atoms. The first-order valence-corrected chi connectivity index (χ1v) is 8.40. The van der Waals surface area contributed by atoms with Crippen LogP contribution in [0.4, 0.5) is 0 Å². The van der Waals surface area contributed by atoms with Crippen LogP contribution in [0.2, 0.25) is 0 Å². The van der Waals surface area contributed by atoms with Crippen molar-refractivity contribution in [1.29, 1.82) is 0 Å². The van der Waals surface area contributed by atoms with Crippen molar-refractivity contribution >= 4 is 5.91 Å². The van der Waals surface area contributed by atoms with E-state index >= 15 is 0 Å². The van der Waals surface area contributed by atoms with Crippen molar-refractivity contribution in [2.45, 2.75) is 32.0 Å². The van der Waals surface area contributed by atoms with Gasteiger partial charge in [-0.3, -0.25) is 14.7 Å². The van der Waals surface area contributed by atoms with Crippen LogP contribution in [-0.2, 0) is 17.9 Å². The maximum atomic E-state index is 13.3. The molecule has 5 heteroatoms. The molecule has 0 radical (unpaired) electrons. The van der Waals surface area contributed by atoms with Gasteiger partial charge in [0.2, 0.25) is 5.91 Å². The molecule has 4 heterocycles. The van der Waals surface area contributed by atoms with E-state index in [0.717, 1.165) is 31.7 Å². The molecule has 0 saturated carbocycles. The number of aromatic nitrogens is 2. The highest BCUT2D eigenvalue weighted by atomic mass is 16.2. The molecule has 1 atom stereocenters. The molecule has 4 rings (SSSR count). The number of carbonyl (C=O) groups excluding carboxylic acids is 1. The van der Waals surface area contributed by atoms with Gasteiger partial charge in [-0.1, -0.05) is 6.07 Å². The molecule has 1 unspecified atom stereocenters. The Hall–Kier alpha value is -2.14. The molecule has 1 saturated heterocycles. The van der Waals surface area contributed by atoms with Gasteiger partial charge >= 0.3 is 0 Å². The minimum absolute atomic E-state index is 0.187.